The fourth-order valence-electron chi connectivity index (χ4n) is 3.46. The van der Waals surface area contributed by atoms with Crippen LogP contribution in [0.25, 0.3) is 11.0 Å². The number of H-pyrrole nitrogens is 1. The maximum Gasteiger partial charge on any atom is 0.309 e. The maximum atomic E-state index is 12.4. The van der Waals surface area contributed by atoms with E-state index in [1.807, 2.05) is 33.0 Å². The molecule has 0 saturated carbocycles. The molecule has 2 rings (SSSR count). The number of aromatic amines is 1. The Morgan fingerprint density at radius 1 is 1.27 bits per heavy atom. The first-order chi connectivity index (χ1) is 12.2. The first kappa shape index (κ1) is 20.3. The van der Waals surface area contributed by atoms with Gasteiger partial charge in [-0.2, -0.15) is 0 Å². The van der Waals surface area contributed by atoms with Crippen molar-refractivity contribution in [2.24, 2.45) is 5.92 Å². The minimum atomic E-state index is -0.437. The lowest BCUT2D eigenvalue weighted by molar-refractivity contribution is -0.160. The summed E-state index contributed by atoms with van der Waals surface area (Å²) >= 11 is 0. The number of ether oxygens (including phenoxy) is 1. The van der Waals surface area contributed by atoms with E-state index in [0.29, 0.717) is 11.6 Å². The highest BCUT2D eigenvalue weighted by molar-refractivity contribution is 5.83. The number of esters is 1. The van der Waals surface area contributed by atoms with Gasteiger partial charge >= 0.3 is 5.97 Å². The number of fused-ring (bicyclic) bond motifs is 1. The number of hydrogen-bond donors (Lipinski definition) is 2. The first-order valence-electron chi connectivity index (χ1n) is 9.70. The van der Waals surface area contributed by atoms with Crippen LogP contribution in [-0.4, -0.2) is 21.5 Å². The fourth-order valence-corrected chi connectivity index (χ4v) is 3.46. The van der Waals surface area contributed by atoms with Crippen molar-refractivity contribution in [2.75, 3.05) is 5.73 Å². The van der Waals surface area contributed by atoms with Crippen molar-refractivity contribution >= 4 is 22.7 Å². The Labute approximate surface area is 156 Å². The number of hydrogen-bond acceptors (Lipinski definition) is 4. The van der Waals surface area contributed by atoms with Crippen molar-refractivity contribution in [1.82, 2.24) is 9.97 Å². The Bertz CT molecular complexity index is 730. The minimum Gasteiger partial charge on any atom is -0.460 e. The number of nitrogens with zero attached hydrogens (tertiary/aromatic N) is 1. The monoisotopic (exact) mass is 359 g/mol. The molecular formula is C21H33N3O2. The Kier molecular flexibility index (Phi) is 6.68. The summed E-state index contributed by atoms with van der Waals surface area (Å²) in [5, 5.41) is 1.09. The zero-order valence-electron chi connectivity index (χ0n) is 16.8. The molecule has 0 amide bonds. The normalized spacial score (nSPS) is 14.3. The van der Waals surface area contributed by atoms with Crippen LogP contribution >= 0.6 is 0 Å². The van der Waals surface area contributed by atoms with E-state index in [4.69, 9.17) is 10.5 Å². The van der Waals surface area contributed by atoms with E-state index in [-0.39, 0.29) is 11.9 Å². The number of nitrogens with one attached hydrogen (secondary N) is 1. The number of carbonyl (C=O) groups is 1. The molecule has 2 aromatic heterocycles. The number of pyridine rings is 1. The topological polar surface area (TPSA) is 81.0 Å². The van der Waals surface area contributed by atoms with Crippen molar-refractivity contribution in [3.8, 4) is 0 Å². The van der Waals surface area contributed by atoms with Crippen LogP contribution in [0.2, 0.25) is 0 Å². The Morgan fingerprint density at radius 2 is 2.00 bits per heavy atom. The summed E-state index contributed by atoms with van der Waals surface area (Å²) in [6.45, 7) is 10.0. The third kappa shape index (κ3) is 5.23. The summed E-state index contributed by atoms with van der Waals surface area (Å²) in [7, 11) is 0. The third-order valence-electron chi connectivity index (χ3n) is 4.76. The van der Waals surface area contributed by atoms with Gasteiger partial charge in [0.15, 0.2) is 0 Å². The molecule has 2 unspecified atom stereocenters. The summed E-state index contributed by atoms with van der Waals surface area (Å²) < 4.78 is 5.59. The Hall–Kier alpha value is -2.04. The van der Waals surface area contributed by atoms with Gasteiger partial charge in [-0.15, -0.1) is 0 Å². The van der Waals surface area contributed by atoms with Crippen LogP contribution in [0.1, 0.15) is 78.2 Å². The van der Waals surface area contributed by atoms with Gasteiger partial charge in [0, 0.05) is 11.6 Å². The lowest BCUT2D eigenvalue weighted by Crippen LogP contribution is -2.28. The molecule has 2 aromatic rings. The second-order valence-corrected chi connectivity index (χ2v) is 8.11. The highest BCUT2D eigenvalue weighted by Gasteiger charge is 2.25. The van der Waals surface area contributed by atoms with Gasteiger partial charge < -0.3 is 15.5 Å². The quantitative estimate of drug-likeness (QED) is 0.637. The molecule has 0 aliphatic carbocycles. The summed E-state index contributed by atoms with van der Waals surface area (Å²) in [5.41, 5.74) is 8.29. The Balaban J connectivity index is 2.14. The van der Waals surface area contributed by atoms with Crippen LogP contribution in [0.5, 0.6) is 0 Å². The Morgan fingerprint density at radius 3 is 2.62 bits per heavy atom. The van der Waals surface area contributed by atoms with E-state index in [0.717, 1.165) is 43.1 Å². The molecule has 5 heteroatoms. The van der Waals surface area contributed by atoms with E-state index in [1.54, 1.807) is 6.20 Å². The molecule has 0 bridgehead atoms. The van der Waals surface area contributed by atoms with E-state index in [9.17, 15) is 4.79 Å². The van der Waals surface area contributed by atoms with E-state index in [2.05, 4.69) is 23.8 Å². The molecule has 0 radical (unpaired) electrons. The van der Waals surface area contributed by atoms with Gasteiger partial charge in [-0.1, -0.05) is 20.3 Å². The molecule has 5 nitrogen and oxygen atoms in total. The van der Waals surface area contributed by atoms with Gasteiger partial charge in [-0.05, 0) is 64.0 Å². The summed E-state index contributed by atoms with van der Waals surface area (Å²) in [6, 6.07) is 1.99. The van der Waals surface area contributed by atoms with Crippen molar-refractivity contribution < 1.29 is 9.53 Å². The van der Waals surface area contributed by atoms with Crippen molar-refractivity contribution in [2.45, 2.75) is 78.2 Å². The van der Waals surface area contributed by atoms with Gasteiger partial charge in [-0.3, -0.25) is 4.79 Å². The average molecular weight is 360 g/mol. The molecule has 0 saturated heterocycles. The van der Waals surface area contributed by atoms with E-state index < -0.39 is 5.60 Å². The van der Waals surface area contributed by atoms with Crippen LogP contribution in [0.4, 0.5) is 5.69 Å². The zero-order chi connectivity index (χ0) is 19.3. The average Bonchev–Trinajstić information content (AvgIpc) is 2.95. The minimum absolute atomic E-state index is 0.0537. The molecular weight excluding hydrogens is 326 g/mol. The van der Waals surface area contributed by atoms with Gasteiger partial charge in [0.2, 0.25) is 0 Å². The van der Waals surface area contributed by atoms with Crippen LogP contribution in [-0.2, 0) is 9.53 Å². The molecule has 0 aromatic carbocycles. The molecule has 2 atom stereocenters. The van der Waals surface area contributed by atoms with E-state index in [1.165, 1.54) is 5.56 Å². The summed E-state index contributed by atoms with van der Waals surface area (Å²) in [4.78, 5) is 20.1. The molecule has 0 fully saturated rings. The van der Waals surface area contributed by atoms with Crippen LogP contribution < -0.4 is 5.73 Å². The molecule has 0 aliphatic rings. The first-order valence-corrected chi connectivity index (χ1v) is 9.70. The molecule has 2 heterocycles. The number of nitrogens with two attached hydrogens (primary N) is 1. The summed E-state index contributed by atoms with van der Waals surface area (Å²) in [5.74, 6) is 0.246. The SMILES string of the molecule is CCCC(CCC(CC)C(=O)OC(C)(C)C)c1c[nH]c2ncc(N)cc12. The molecule has 26 heavy (non-hydrogen) atoms. The predicted octanol–water partition coefficient (Wildman–Crippen LogP) is 5.18. The molecule has 3 N–H and O–H groups in total. The molecule has 0 aliphatic heterocycles. The van der Waals surface area contributed by atoms with Crippen LogP contribution in [0, 0.1) is 5.92 Å². The maximum absolute atomic E-state index is 12.4. The number of rotatable bonds is 8. The highest BCUT2D eigenvalue weighted by Crippen LogP contribution is 2.34. The molecule has 144 valence electrons. The van der Waals surface area contributed by atoms with Crippen LogP contribution in [0.3, 0.4) is 0 Å². The summed E-state index contributed by atoms with van der Waals surface area (Å²) in [6.07, 6.45) is 8.48. The second-order valence-electron chi connectivity index (χ2n) is 8.11. The predicted molar refractivity (Wildman–Crippen MR) is 107 cm³/mol. The van der Waals surface area contributed by atoms with Crippen LogP contribution in [0.15, 0.2) is 18.5 Å². The zero-order valence-corrected chi connectivity index (χ0v) is 16.8. The van der Waals surface area contributed by atoms with Crippen molar-refractivity contribution in [3.63, 3.8) is 0 Å². The number of aromatic nitrogens is 2. The third-order valence-corrected chi connectivity index (χ3v) is 4.76. The lowest BCUT2D eigenvalue weighted by Gasteiger charge is -2.24. The van der Waals surface area contributed by atoms with E-state index >= 15 is 0 Å². The highest BCUT2D eigenvalue weighted by atomic mass is 16.6. The smallest absolute Gasteiger partial charge is 0.309 e. The standard InChI is InChI=1S/C21H33N3O2/c1-6-8-15(10-9-14(7-2)20(25)26-21(3,4)5)18-13-24-19-17(18)11-16(22)12-23-19/h11-15H,6-10,22H2,1-5H3,(H,23,24). The second kappa shape index (κ2) is 8.56. The lowest BCUT2D eigenvalue weighted by atomic mass is 9.86. The van der Waals surface area contributed by atoms with Crippen molar-refractivity contribution in [1.29, 1.82) is 0 Å². The van der Waals surface area contributed by atoms with Gasteiger partial charge in [-0.25, -0.2) is 4.98 Å². The number of anilines is 1. The number of nitrogen functional groups attached to an aromatic ring is 1. The van der Waals surface area contributed by atoms with Gasteiger partial charge in [0.05, 0.1) is 17.8 Å². The number of carbonyl (C=O) groups excluding carboxylic acids is 1. The van der Waals surface area contributed by atoms with Crippen molar-refractivity contribution in [3.05, 3.63) is 24.0 Å². The largest absolute Gasteiger partial charge is 0.460 e. The molecule has 0 spiro atoms. The van der Waals surface area contributed by atoms with Gasteiger partial charge in [0.25, 0.3) is 0 Å². The fraction of sp³-hybridized carbons (Fsp3) is 0.619. The van der Waals surface area contributed by atoms with Gasteiger partial charge in [0.1, 0.15) is 11.2 Å².